The Hall–Kier alpha value is -2.08. The number of benzene rings is 2. The smallest absolute Gasteiger partial charge is 0.125 e. The van der Waals surface area contributed by atoms with Crippen molar-refractivity contribution in [3.8, 4) is 5.75 Å². The molecule has 3 rings (SSSR count). The van der Waals surface area contributed by atoms with E-state index in [2.05, 4.69) is 34.9 Å². The van der Waals surface area contributed by atoms with Gasteiger partial charge < -0.3 is 25.2 Å². The molecule has 1 aliphatic carbocycles. The highest BCUT2D eigenvalue weighted by molar-refractivity contribution is 5.42. The van der Waals surface area contributed by atoms with Crippen molar-refractivity contribution in [1.29, 1.82) is 0 Å². The molecular formula is C25H36N2O3. The zero-order valence-corrected chi connectivity index (χ0v) is 17.9. The summed E-state index contributed by atoms with van der Waals surface area (Å²) >= 11 is 0. The Balaban J connectivity index is 1.23. The minimum Gasteiger partial charge on any atom is -0.490 e. The molecule has 30 heavy (non-hydrogen) atoms. The van der Waals surface area contributed by atoms with Gasteiger partial charge in [0.2, 0.25) is 0 Å². The first kappa shape index (κ1) is 22.6. The molecule has 0 unspecified atom stereocenters. The van der Waals surface area contributed by atoms with Crippen LogP contribution in [0, 0.1) is 0 Å². The Morgan fingerprint density at radius 2 is 1.77 bits per heavy atom. The van der Waals surface area contributed by atoms with Gasteiger partial charge in [-0.3, -0.25) is 0 Å². The quantitative estimate of drug-likeness (QED) is 0.399. The Bertz CT molecular complexity index is 718. The third-order valence-electron chi connectivity index (χ3n) is 5.46. The van der Waals surface area contributed by atoms with Crippen molar-refractivity contribution in [1.82, 2.24) is 5.32 Å². The van der Waals surface area contributed by atoms with Crippen molar-refractivity contribution in [2.24, 2.45) is 0 Å². The summed E-state index contributed by atoms with van der Waals surface area (Å²) in [6.45, 7) is 4.13. The number of ether oxygens (including phenoxy) is 2. The van der Waals surface area contributed by atoms with Gasteiger partial charge >= 0.3 is 0 Å². The lowest BCUT2D eigenvalue weighted by Gasteiger charge is -2.17. The van der Waals surface area contributed by atoms with Crippen molar-refractivity contribution in [2.45, 2.75) is 57.8 Å². The first-order valence-electron chi connectivity index (χ1n) is 11.3. The maximum Gasteiger partial charge on any atom is 0.125 e. The van der Waals surface area contributed by atoms with Crippen molar-refractivity contribution < 1.29 is 14.6 Å². The number of anilines is 1. The van der Waals surface area contributed by atoms with E-state index in [0.717, 1.165) is 75.5 Å². The van der Waals surface area contributed by atoms with E-state index >= 15 is 0 Å². The van der Waals surface area contributed by atoms with Gasteiger partial charge in [0.05, 0.1) is 19.3 Å². The number of aliphatic hydroxyl groups excluding tert-OH is 1. The van der Waals surface area contributed by atoms with E-state index in [0.29, 0.717) is 6.10 Å². The molecule has 0 saturated heterocycles. The number of unbranched alkanes of at least 4 members (excludes halogenated alkanes) is 1. The molecule has 1 aliphatic rings. The summed E-state index contributed by atoms with van der Waals surface area (Å²) in [6.07, 6.45) is 7.20. The van der Waals surface area contributed by atoms with Crippen LogP contribution >= 0.6 is 0 Å². The zero-order valence-electron chi connectivity index (χ0n) is 17.9. The Kier molecular flexibility index (Phi) is 10.00. The highest BCUT2D eigenvalue weighted by atomic mass is 16.5. The molecule has 1 saturated carbocycles. The number of aliphatic hydroxyl groups is 1. The molecule has 0 aromatic heterocycles. The molecule has 1 fully saturated rings. The van der Waals surface area contributed by atoms with Gasteiger partial charge in [-0.1, -0.05) is 24.3 Å². The minimum absolute atomic E-state index is 0.0202. The Morgan fingerprint density at radius 1 is 0.933 bits per heavy atom. The minimum atomic E-state index is 0.0202. The Labute approximate surface area is 180 Å². The van der Waals surface area contributed by atoms with Crippen LogP contribution in [0.4, 0.5) is 5.69 Å². The highest BCUT2D eigenvalue weighted by Crippen LogP contribution is 2.27. The van der Waals surface area contributed by atoms with Crippen molar-refractivity contribution >= 4 is 5.69 Å². The predicted molar refractivity (Wildman–Crippen MR) is 122 cm³/mol. The molecule has 5 nitrogen and oxygen atoms in total. The van der Waals surface area contributed by atoms with Crippen molar-refractivity contribution in [3.63, 3.8) is 0 Å². The molecule has 0 heterocycles. The number of hydrogen-bond donors (Lipinski definition) is 3. The number of rotatable bonds is 14. The van der Waals surface area contributed by atoms with Gasteiger partial charge in [0.1, 0.15) is 5.75 Å². The number of nitrogens with one attached hydrogen (secondary N) is 2. The summed E-state index contributed by atoms with van der Waals surface area (Å²) in [4.78, 5) is 0. The van der Waals surface area contributed by atoms with Crippen molar-refractivity contribution in [3.05, 3.63) is 59.7 Å². The molecule has 3 N–H and O–H groups in total. The second-order valence-corrected chi connectivity index (χ2v) is 7.91. The average Bonchev–Trinajstić information content (AvgIpc) is 3.29. The van der Waals surface area contributed by atoms with Crippen LogP contribution in [0.25, 0.3) is 0 Å². The molecule has 5 heteroatoms. The largest absolute Gasteiger partial charge is 0.490 e. The maximum atomic E-state index is 9.69. The van der Waals surface area contributed by atoms with Crippen LogP contribution in [0.3, 0.4) is 0 Å². The lowest BCUT2D eigenvalue weighted by Crippen LogP contribution is -2.16. The fourth-order valence-electron chi connectivity index (χ4n) is 3.78. The summed E-state index contributed by atoms with van der Waals surface area (Å²) in [7, 11) is 0. The molecule has 0 radical (unpaired) electrons. The fraction of sp³-hybridized carbons (Fsp3) is 0.520. The highest BCUT2D eigenvalue weighted by Gasteiger charge is 2.17. The second kappa shape index (κ2) is 13.3. The maximum absolute atomic E-state index is 9.69. The number of hydrogen-bond acceptors (Lipinski definition) is 5. The van der Waals surface area contributed by atoms with Gasteiger partial charge in [-0.15, -0.1) is 0 Å². The van der Waals surface area contributed by atoms with E-state index in [9.17, 15) is 5.11 Å². The summed E-state index contributed by atoms with van der Waals surface area (Å²) in [5.74, 6) is 0.840. The van der Waals surface area contributed by atoms with Crippen LogP contribution in [-0.2, 0) is 17.9 Å². The van der Waals surface area contributed by atoms with Gasteiger partial charge in [-0.05, 0) is 74.9 Å². The van der Waals surface area contributed by atoms with E-state index in [1.165, 1.54) is 18.4 Å². The molecule has 2 aromatic carbocycles. The van der Waals surface area contributed by atoms with Crippen LogP contribution in [0.15, 0.2) is 48.5 Å². The average molecular weight is 413 g/mol. The molecule has 0 atom stereocenters. The standard InChI is InChI=1S/C25H36N2O3/c28-20-22-18-21(12-13-25(22)30-24-10-4-5-11-24)19-26-14-6-7-16-29-17-15-27-23-8-2-1-3-9-23/h1-3,8-9,12-13,18,24,26-28H,4-7,10-11,14-17,19-20H2. The van der Waals surface area contributed by atoms with Gasteiger partial charge in [0, 0.05) is 30.9 Å². The second-order valence-electron chi connectivity index (χ2n) is 7.91. The normalized spacial score (nSPS) is 14.2. The van der Waals surface area contributed by atoms with Gasteiger partial charge in [-0.25, -0.2) is 0 Å². The van der Waals surface area contributed by atoms with Gasteiger partial charge in [-0.2, -0.15) is 0 Å². The van der Waals surface area contributed by atoms with Crippen LogP contribution < -0.4 is 15.4 Å². The van der Waals surface area contributed by atoms with E-state index in [4.69, 9.17) is 9.47 Å². The first-order valence-corrected chi connectivity index (χ1v) is 11.3. The summed E-state index contributed by atoms with van der Waals surface area (Å²) < 4.78 is 11.8. The van der Waals surface area contributed by atoms with Crippen molar-refractivity contribution in [2.75, 3.05) is 31.6 Å². The first-order chi connectivity index (χ1) is 14.8. The zero-order chi connectivity index (χ0) is 20.9. The topological polar surface area (TPSA) is 62.8 Å². The monoisotopic (exact) mass is 412 g/mol. The molecule has 2 aromatic rings. The molecular weight excluding hydrogens is 376 g/mol. The molecule has 0 spiro atoms. The van der Waals surface area contributed by atoms with Crippen LogP contribution in [0.5, 0.6) is 5.75 Å². The summed E-state index contributed by atoms with van der Waals surface area (Å²) in [6, 6.07) is 16.4. The Morgan fingerprint density at radius 3 is 2.57 bits per heavy atom. The molecule has 0 aliphatic heterocycles. The molecule has 164 valence electrons. The van der Waals surface area contributed by atoms with Crippen LogP contribution in [0.1, 0.15) is 49.7 Å². The lowest BCUT2D eigenvalue weighted by molar-refractivity contribution is 0.140. The molecule has 0 amide bonds. The third-order valence-corrected chi connectivity index (χ3v) is 5.46. The van der Waals surface area contributed by atoms with E-state index < -0.39 is 0 Å². The van der Waals surface area contributed by atoms with Crippen LogP contribution in [-0.4, -0.2) is 37.5 Å². The SMILES string of the molecule is OCc1cc(CNCCCCOCCNc2ccccc2)ccc1OC1CCCC1. The fourth-order valence-corrected chi connectivity index (χ4v) is 3.78. The third kappa shape index (κ3) is 7.98. The number of para-hydroxylation sites is 1. The van der Waals surface area contributed by atoms with Gasteiger partial charge in [0.25, 0.3) is 0 Å². The predicted octanol–water partition coefficient (Wildman–Crippen LogP) is 4.50. The van der Waals surface area contributed by atoms with E-state index in [1.54, 1.807) is 0 Å². The van der Waals surface area contributed by atoms with Gasteiger partial charge in [0.15, 0.2) is 0 Å². The summed E-state index contributed by atoms with van der Waals surface area (Å²) in [5, 5.41) is 16.5. The summed E-state index contributed by atoms with van der Waals surface area (Å²) in [5.41, 5.74) is 3.20. The van der Waals surface area contributed by atoms with E-state index in [1.807, 2.05) is 24.3 Å². The molecule has 0 bridgehead atoms. The lowest BCUT2D eigenvalue weighted by atomic mass is 10.1. The van der Waals surface area contributed by atoms with E-state index in [-0.39, 0.29) is 6.61 Å². The van der Waals surface area contributed by atoms with Crippen LogP contribution in [0.2, 0.25) is 0 Å².